The zero-order valence-corrected chi connectivity index (χ0v) is 11.9. The molecule has 0 saturated carbocycles. The van der Waals surface area contributed by atoms with Crippen molar-refractivity contribution in [3.05, 3.63) is 48.0 Å². The van der Waals surface area contributed by atoms with Gasteiger partial charge in [-0.1, -0.05) is 31.5 Å². The molecule has 0 aliphatic rings. The normalized spacial score (nSPS) is 10.3. The van der Waals surface area contributed by atoms with Crippen LogP contribution in [0.3, 0.4) is 0 Å². The number of aromatic hydroxyl groups is 1. The number of aromatic carboxylic acids is 1. The van der Waals surface area contributed by atoms with E-state index in [9.17, 15) is 9.90 Å². The molecule has 0 aliphatic heterocycles. The fraction of sp³-hybridized carbons (Fsp3) is 0.235. The summed E-state index contributed by atoms with van der Waals surface area (Å²) in [5, 5.41) is 18.5. The Morgan fingerprint density at radius 1 is 1.10 bits per heavy atom. The largest absolute Gasteiger partial charge is 0.507 e. The number of ether oxygens (including phenoxy) is 1. The molecule has 0 fully saturated rings. The number of rotatable bonds is 6. The summed E-state index contributed by atoms with van der Waals surface area (Å²) in [6.45, 7) is 2.80. The van der Waals surface area contributed by atoms with E-state index in [1.807, 2.05) is 24.3 Å². The van der Waals surface area contributed by atoms with E-state index in [4.69, 9.17) is 9.84 Å². The smallest absolute Gasteiger partial charge is 0.339 e. The van der Waals surface area contributed by atoms with E-state index in [2.05, 4.69) is 6.92 Å². The molecule has 0 atom stereocenters. The van der Waals surface area contributed by atoms with Crippen molar-refractivity contribution in [2.45, 2.75) is 19.8 Å². The molecule has 21 heavy (non-hydrogen) atoms. The van der Waals surface area contributed by atoms with Crippen LogP contribution in [0.2, 0.25) is 0 Å². The molecule has 4 nitrogen and oxygen atoms in total. The SMILES string of the molecule is CCCCOc1ccc(-c2ccc(O)c(C(=O)O)c2)cc1. The van der Waals surface area contributed by atoms with Gasteiger partial charge < -0.3 is 14.9 Å². The van der Waals surface area contributed by atoms with Gasteiger partial charge in [-0.25, -0.2) is 4.79 Å². The standard InChI is InChI=1S/C17H18O4/c1-2-3-10-21-14-7-4-12(5-8-14)13-6-9-16(18)15(11-13)17(19)20/h4-9,11,18H,2-3,10H2,1H3,(H,19,20). The first-order chi connectivity index (χ1) is 10.1. The average Bonchev–Trinajstić information content (AvgIpc) is 2.48. The third-order valence-electron chi connectivity index (χ3n) is 3.18. The maximum Gasteiger partial charge on any atom is 0.339 e. The van der Waals surface area contributed by atoms with Gasteiger partial charge in [-0.05, 0) is 41.8 Å². The number of phenols is 1. The van der Waals surface area contributed by atoms with Crippen LogP contribution in [0.5, 0.6) is 11.5 Å². The Bertz CT molecular complexity index is 617. The summed E-state index contributed by atoms with van der Waals surface area (Å²) >= 11 is 0. The summed E-state index contributed by atoms with van der Waals surface area (Å²) in [6, 6.07) is 12.0. The molecule has 0 spiro atoms. The summed E-state index contributed by atoms with van der Waals surface area (Å²) < 4.78 is 5.58. The molecule has 2 aromatic carbocycles. The predicted molar refractivity (Wildman–Crippen MR) is 80.9 cm³/mol. The van der Waals surface area contributed by atoms with Crippen LogP contribution in [0.1, 0.15) is 30.1 Å². The summed E-state index contributed by atoms with van der Waals surface area (Å²) in [7, 11) is 0. The van der Waals surface area contributed by atoms with Crippen molar-refractivity contribution < 1.29 is 19.7 Å². The van der Waals surface area contributed by atoms with Gasteiger partial charge in [0.15, 0.2) is 0 Å². The van der Waals surface area contributed by atoms with Gasteiger partial charge in [0.2, 0.25) is 0 Å². The third kappa shape index (κ3) is 3.75. The molecule has 0 amide bonds. The molecule has 0 heterocycles. The van der Waals surface area contributed by atoms with Crippen LogP contribution in [0, 0.1) is 0 Å². The van der Waals surface area contributed by atoms with Crippen LogP contribution in [0.15, 0.2) is 42.5 Å². The van der Waals surface area contributed by atoms with Gasteiger partial charge in [-0.15, -0.1) is 0 Å². The van der Waals surface area contributed by atoms with Gasteiger partial charge in [0.1, 0.15) is 17.1 Å². The second kappa shape index (κ2) is 6.79. The Kier molecular flexibility index (Phi) is 4.82. The lowest BCUT2D eigenvalue weighted by Crippen LogP contribution is -1.97. The molecular weight excluding hydrogens is 268 g/mol. The van der Waals surface area contributed by atoms with E-state index < -0.39 is 5.97 Å². The molecule has 0 saturated heterocycles. The summed E-state index contributed by atoms with van der Waals surface area (Å²) in [4.78, 5) is 11.0. The molecule has 4 heteroatoms. The van der Waals surface area contributed by atoms with E-state index >= 15 is 0 Å². The number of carbonyl (C=O) groups is 1. The van der Waals surface area contributed by atoms with E-state index in [0.717, 1.165) is 29.7 Å². The van der Waals surface area contributed by atoms with Crippen molar-refractivity contribution in [2.24, 2.45) is 0 Å². The van der Waals surface area contributed by atoms with Gasteiger partial charge in [0.25, 0.3) is 0 Å². The van der Waals surface area contributed by atoms with Crippen LogP contribution < -0.4 is 4.74 Å². The highest BCUT2D eigenvalue weighted by atomic mass is 16.5. The zero-order chi connectivity index (χ0) is 15.2. The summed E-state index contributed by atoms with van der Waals surface area (Å²) in [5.74, 6) is -0.580. The minimum absolute atomic E-state index is 0.101. The maximum absolute atomic E-state index is 11.0. The maximum atomic E-state index is 11.0. The second-order valence-corrected chi connectivity index (χ2v) is 4.76. The van der Waals surface area contributed by atoms with Crippen LogP contribution >= 0.6 is 0 Å². The molecule has 2 rings (SSSR count). The van der Waals surface area contributed by atoms with Crippen molar-refractivity contribution in [3.63, 3.8) is 0 Å². The molecule has 2 N–H and O–H groups in total. The Labute approximate surface area is 123 Å². The number of hydrogen-bond acceptors (Lipinski definition) is 3. The van der Waals surface area contributed by atoms with E-state index in [-0.39, 0.29) is 11.3 Å². The van der Waals surface area contributed by atoms with Crippen molar-refractivity contribution in [3.8, 4) is 22.6 Å². The summed E-state index contributed by atoms with van der Waals surface area (Å²) in [6.07, 6.45) is 2.10. The lowest BCUT2D eigenvalue weighted by Gasteiger charge is -2.08. The fourth-order valence-electron chi connectivity index (χ4n) is 1.96. The highest BCUT2D eigenvalue weighted by Crippen LogP contribution is 2.27. The Morgan fingerprint density at radius 3 is 2.38 bits per heavy atom. The minimum Gasteiger partial charge on any atom is -0.507 e. The first kappa shape index (κ1) is 14.9. The average molecular weight is 286 g/mol. The minimum atomic E-state index is -1.14. The zero-order valence-electron chi connectivity index (χ0n) is 11.9. The number of hydrogen-bond donors (Lipinski definition) is 2. The number of unbranched alkanes of at least 4 members (excludes halogenated alkanes) is 1. The van der Waals surface area contributed by atoms with Crippen LogP contribution in [0.4, 0.5) is 0 Å². The van der Waals surface area contributed by atoms with Crippen LogP contribution in [0.25, 0.3) is 11.1 Å². The van der Waals surface area contributed by atoms with Gasteiger partial charge in [0, 0.05) is 0 Å². The first-order valence-corrected chi connectivity index (χ1v) is 6.91. The Balaban J connectivity index is 2.18. The third-order valence-corrected chi connectivity index (χ3v) is 3.18. The van der Waals surface area contributed by atoms with E-state index in [1.165, 1.54) is 12.1 Å². The van der Waals surface area contributed by atoms with Gasteiger partial charge in [-0.2, -0.15) is 0 Å². The lowest BCUT2D eigenvalue weighted by atomic mass is 10.0. The van der Waals surface area contributed by atoms with Crippen molar-refractivity contribution in [2.75, 3.05) is 6.61 Å². The van der Waals surface area contributed by atoms with Gasteiger partial charge in [-0.3, -0.25) is 0 Å². The molecule has 0 radical (unpaired) electrons. The Hall–Kier alpha value is -2.49. The number of carboxylic acid groups (broad SMARTS) is 1. The van der Waals surface area contributed by atoms with E-state index in [1.54, 1.807) is 6.07 Å². The lowest BCUT2D eigenvalue weighted by molar-refractivity contribution is 0.0694. The van der Waals surface area contributed by atoms with Gasteiger partial charge >= 0.3 is 5.97 Å². The topological polar surface area (TPSA) is 66.8 Å². The van der Waals surface area contributed by atoms with Crippen LogP contribution in [-0.4, -0.2) is 22.8 Å². The number of benzene rings is 2. The molecule has 2 aromatic rings. The predicted octanol–water partition coefficient (Wildman–Crippen LogP) is 3.94. The van der Waals surface area contributed by atoms with Crippen molar-refractivity contribution in [1.82, 2.24) is 0 Å². The molecule has 110 valence electrons. The Morgan fingerprint density at radius 2 is 1.76 bits per heavy atom. The highest BCUT2D eigenvalue weighted by molar-refractivity contribution is 5.92. The first-order valence-electron chi connectivity index (χ1n) is 6.91. The van der Waals surface area contributed by atoms with E-state index in [0.29, 0.717) is 6.61 Å². The molecule has 0 aliphatic carbocycles. The van der Waals surface area contributed by atoms with Gasteiger partial charge in [0.05, 0.1) is 6.61 Å². The molecule has 0 bridgehead atoms. The van der Waals surface area contributed by atoms with Crippen molar-refractivity contribution in [1.29, 1.82) is 0 Å². The van der Waals surface area contributed by atoms with Crippen LogP contribution in [-0.2, 0) is 0 Å². The molecule has 0 unspecified atom stereocenters. The molecule has 0 aromatic heterocycles. The summed E-state index contributed by atoms with van der Waals surface area (Å²) in [5.41, 5.74) is 1.52. The second-order valence-electron chi connectivity index (χ2n) is 4.76. The highest BCUT2D eigenvalue weighted by Gasteiger charge is 2.11. The molecular formula is C17H18O4. The number of carboxylic acids is 1. The fourth-order valence-corrected chi connectivity index (χ4v) is 1.96. The monoisotopic (exact) mass is 286 g/mol. The quantitative estimate of drug-likeness (QED) is 0.789. The van der Waals surface area contributed by atoms with Crippen molar-refractivity contribution >= 4 is 5.97 Å².